The van der Waals surface area contributed by atoms with Crippen LogP contribution >= 0.6 is 0 Å². The maximum atomic E-state index is 12.8. The summed E-state index contributed by atoms with van der Waals surface area (Å²) in [5, 5.41) is 3.44. The van der Waals surface area contributed by atoms with Crippen LogP contribution < -0.4 is 5.32 Å². The van der Waals surface area contributed by atoms with Crippen molar-refractivity contribution in [3.63, 3.8) is 0 Å². The first-order chi connectivity index (χ1) is 11.1. The third kappa shape index (κ3) is 2.55. The van der Waals surface area contributed by atoms with E-state index in [1.165, 1.54) is 64.2 Å². The van der Waals surface area contributed by atoms with Crippen LogP contribution in [-0.2, 0) is 4.79 Å². The zero-order valence-corrected chi connectivity index (χ0v) is 14.7. The molecule has 0 aromatic rings. The van der Waals surface area contributed by atoms with Gasteiger partial charge in [-0.1, -0.05) is 6.42 Å². The number of rotatable bonds is 4. The molecule has 23 heavy (non-hydrogen) atoms. The van der Waals surface area contributed by atoms with Crippen molar-refractivity contribution in [2.45, 2.75) is 83.6 Å². The van der Waals surface area contributed by atoms with Crippen LogP contribution in [0.5, 0.6) is 0 Å². The molecule has 1 N–H and O–H groups in total. The fourth-order valence-corrected chi connectivity index (χ4v) is 8.17. The number of amides is 1. The molecule has 0 saturated heterocycles. The van der Waals surface area contributed by atoms with Crippen LogP contribution in [0.15, 0.2) is 0 Å². The quantitative estimate of drug-likeness (QED) is 0.811. The predicted molar refractivity (Wildman–Crippen MR) is 91.8 cm³/mol. The second-order valence-electron chi connectivity index (χ2n) is 10.3. The molecule has 0 heterocycles. The normalized spacial score (nSPS) is 51.2. The highest BCUT2D eigenvalue weighted by Crippen LogP contribution is 2.61. The van der Waals surface area contributed by atoms with Crippen LogP contribution in [0, 0.1) is 40.9 Å². The second kappa shape index (κ2) is 5.23. The van der Waals surface area contributed by atoms with Crippen LogP contribution in [0.3, 0.4) is 0 Å². The van der Waals surface area contributed by atoms with Gasteiger partial charge in [0.05, 0.1) is 0 Å². The molecule has 6 bridgehead atoms. The number of hydrogen-bond donors (Lipinski definition) is 1. The lowest BCUT2D eigenvalue weighted by Gasteiger charge is -2.56. The maximum absolute atomic E-state index is 12.8. The molecule has 0 aliphatic heterocycles. The summed E-state index contributed by atoms with van der Waals surface area (Å²) in [4.78, 5) is 12.8. The van der Waals surface area contributed by atoms with Crippen molar-refractivity contribution in [2.24, 2.45) is 40.9 Å². The van der Waals surface area contributed by atoms with E-state index in [2.05, 4.69) is 12.2 Å². The van der Waals surface area contributed by atoms with Gasteiger partial charge < -0.3 is 5.32 Å². The van der Waals surface area contributed by atoms with Gasteiger partial charge in [0.15, 0.2) is 0 Å². The molecule has 1 amide bonds. The van der Waals surface area contributed by atoms with E-state index in [0.717, 1.165) is 41.9 Å². The molecule has 0 radical (unpaired) electrons. The molecule has 0 aromatic heterocycles. The van der Waals surface area contributed by atoms with Crippen molar-refractivity contribution in [2.75, 3.05) is 0 Å². The van der Waals surface area contributed by atoms with Crippen molar-refractivity contribution in [3.8, 4) is 0 Å². The van der Waals surface area contributed by atoms with Gasteiger partial charge in [0.2, 0.25) is 5.91 Å². The number of fused-ring (bicyclic) bond motifs is 2. The van der Waals surface area contributed by atoms with Crippen molar-refractivity contribution < 1.29 is 4.79 Å². The number of nitrogens with one attached hydrogen (secondary N) is 1. The molecular formula is C21H33NO. The van der Waals surface area contributed by atoms with Crippen LogP contribution in [0.2, 0.25) is 0 Å². The average molecular weight is 316 g/mol. The fraction of sp³-hybridized carbons (Fsp3) is 0.952. The highest BCUT2D eigenvalue weighted by atomic mass is 16.1. The minimum Gasteiger partial charge on any atom is -0.353 e. The Morgan fingerprint density at radius 2 is 1.61 bits per heavy atom. The molecule has 6 fully saturated rings. The minimum atomic E-state index is 0.377. The van der Waals surface area contributed by atoms with Gasteiger partial charge >= 0.3 is 0 Å². The lowest BCUT2D eigenvalue weighted by atomic mass is 9.49. The molecule has 128 valence electrons. The van der Waals surface area contributed by atoms with Crippen molar-refractivity contribution in [1.82, 2.24) is 5.32 Å². The Hall–Kier alpha value is -0.530. The summed E-state index contributed by atoms with van der Waals surface area (Å²) in [6, 6.07) is 0.409. The van der Waals surface area contributed by atoms with Gasteiger partial charge in [0.25, 0.3) is 0 Å². The van der Waals surface area contributed by atoms with Gasteiger partial charge in [0, 0.05) is 12.5 Å². The summed E-state index contributed by atoms with van der Waals surface area (Å²) in [5.74, 6) is 5.91. The van der Waals surface area contributed by atoms with Gasteiger partial charge in [-0.05, 0) is 106 Å². The van der Waals surface area contributed by atoms with Crippen LogP contribution in [0.4, 0.5) is 0 Å². The first-order valence-corrected chi connectivity index (χ1v) is 10.4. The summed E-state index contributed by atoms with van der Waals surface area (Å²) < 4.78 is 0. The highest BCUT2D eigenvalue weighted by molar-refractivity contribution is 5.77. The van der Waals surface area contributed by atoms with Crippen LogP contribution in [-0.4, -0.2) is 11.9 Å². The van der Waals surface area contributed by atoms with E-state index < -0.39 is 0 Å². The highest BCUT2D eigenvalue weighted by Gasteiger charge is 2.51. The Labute approximate surface area is 141 Å². The second-order valence-corrected chi connectivity index (χ2v) is 10.3. The number of carbonyl (C=O) groups excluding carboxylic acids is 1. The molecule has 6 aliphatic rings. The number of hydrogen-bond acceptors (Lipinski definition) is 1. The molecule has 6 aliphatic carbocycles. The first-order valence-electron chi connectivity index (χ1n) is 10.4. The topological polar surface area (TPSA) is 29.1 Å². The Morgan fingerprint density at radius 1 is 0.957 bits per heavy atom. The zero-order chi connectivity index (χ0) is 15.6. The molecule has 0 spiro atoms. The van der Waals surface area contributed by atoms with E-state index in [1.807, 2.05) is 0 Å². The van der Waals surface area contributed by atoms with Crippen molar-refractivity contribution >= 4 is 5.91 Å². The maximum Gasteiger partial charge on any atom is 0.220 e. The van der Waals surface area contributed by atoms with Gasteiger partial charge in [-0.2, -0.15) is 0 Å². The van der Waals surface area contributed by atoms with Crippen molar-refractivity contribution in [1.29, 1.82) is 0 Å². The third-order valence-electron chi connectivity index (χ3n) is 8.52. The molecule has 2 heteroatoms. The lowest BCUT2D eigenvalue weighted by molar-refractivity contribution is -0.130. The fourth-order valence-electron chi connectivity index (χ4n) is 8.17. The molecule has 6 saturated carbocycles. The smallest absolute Gasteiger partial charge is 0.220 e. The zero-order valence-electron chi connectivity index (χ0n) is 14.7. The van der Waals surface area contributed by atoms with E-state index >= 15 is 0 Å². The molecule has 0 unspecified atom stereocenters. The monoisotopic (exact) mass is 315 g/mol. The third-order valence-corrected chi connectivity index (χ3v) is 8.52. The SMILES string of the molecule is C[C@H](NC(=O)CC12CC3CC(CC(C3)C1)C2)[C@@H]1C[C@H]2CC[C@H]1C2. The van der Waals surface area contributed by atoms with Crippen LogP contribution in [0.1, 0.15) is 77.6 Å². The Morgan fingerprint density at radius 3 is 2.13 bits per heavy atom. The van der Waals surface area contributed by atoms with Gasteiger partial charge in [0.1, 0.15) is 0 Å². The molecule has 4 atom stereocenters. The van der Waals surface area contributed by atoms with E-state index in [1.54, 1.807) is 0 Å². The number of carbonyl (C=O) groups is 1. The van der Waals surface area contributed by atoms with Gasteiger partial charge in [-0.15, -0.1) is 0 Å². The standard InChI is InChI=1S/C21H33NO/c1-13(19-8-14-2-3-18(19)7-14)22-20(23)12-21-9-15-4-16(10-21)6-17(5-15)11-21/h13-19H,2-12H2,1H3,(H,22,23)/t13-,14-,15?,16?,17?,18-,19-,21?/m0/s1. The Balaban J connectivity index is 1.20. The Bertz CT molecular complexity index is 463. The largest absolute Gasteiger partial charge is 0.353 e. The molecular weight excluding hydrogens is 282 g/mol. The van der Waals surface area contributed by atoms with Gasteiger partial charge in [-0.25, -0.2) is 0 Å². The summed E-state index contributed by atoms with van der Waals surface area (Å²) in [6.45, 7) is 2.28. The molecule has 2 nitrogen and oxygen atoms in total. The molecule has 0 aromatic carbocycles. The average Bonchev–Trinajstić information content (AvgIpc) is 3.07. The van der Waals surface area contributed by atoms with E-state index in [-0.39, 0.29) is 0 Å². The first kappa shape index (κ1) is 14.8. The van der Waals surface area contributed by atoms with E-state index in [4.69, 9.17) is 0 Å². The van der Waals surface area contributed by atoms with Crippen molar-refractivity contribution in [3.05, 3.63) is 0 Å². The summed E-state index contributed by atoms with van der Waals surface area (Å²) in [7, 11) is 0. The van der Waals surface area contributed by atoms with Gasteiger partial charge in [-0.3, -0.25) is 4.79 Å². The lowest BCUT2D eigenvalue weighted by Crippen LogP contribution is -2.49. The Kier molecular flexibility index (Phi) is 3.36. The summed E-state index contributed by atoms with van der Waals surface area (Å²) in [6.07, 6.45) is 15.0. The minimum absolute atomic E-state index is 0.377. The van der Waals surface area contributed by atoms with E-state index in [9.17, 15) is 4.79 Å². The predicted octanol–water partition coefficient (Wildman–Crippen LogP) is 4.53. The van der Waals surface area contributed by atoms with E-state index in [0.29, 0.717) is 17.4 Å². The molecule has 6 rings (SSSR count). The summed E-state index contributed by atoms with van der Waals surface area (Å²) in [5.41, 5.74) is 0.396. The van der Waals surface area contributed by atoms with Crippen LogP contribution in [0.25, 0.3) is 0 Å². The summed E-state index contributed by atoms with van der Waals surface area (Å²) >= 11 is 0.